The van der Waals surface area contributed by atoms with Crippen molar-refractivity contribution in [3.63, 3.8) is 0 Å². The minimum atomic E-state index is -0.0957. The van der Waals surface area contributed by atoms with Crippen LogP contribution in [0.4, 0.5) is 17.1 Å². The molecule has 0 bridgehead atoms. The molecular formula is C73H115N3O3. The van der Waals surface area contributed by atoms with Gasteiger partial charge in [-0.15, -0.1) is 0 Å². The van der Waals surface area contributed by atoms with E-state index in [1.165, 1.54) is 193 Å². The maximum atomic E-state index is 13.0. The Balaban J connectivity index is 1.47. The Hall–Kier alpha value is -4.71. The molecule has 0 aromatic heterocycles. The van der Waals surface area contributed by atoms with E-state index in [-0.39, 0.29) is 23.6 Å². The van der Waals surface area contributed by atoms with Crippen molar-refractivity contribution in [1.82, 2.24) is 0 Å². The first-order valence-electron chi connectivity index (χ1n) is 33.1. The lowest BCUT2D eigenvalue weighted by Gasteiger charge is -2.20. The van der Waals surface area contributed by atoms with E-state index in [1.807, 2.05) is 36.4 Å². The van der Waals surface area contributed by atoms with Crippen molar-refractivity contribution in [2.24, 2.45) is 0 Å². The first kappa shape index (κ1) is 68.6. The molecule has 3 rings (SSSR count). The molecule has 0 spiro atoms. The van der Waals surface area contributed by atoms with E-state index in [9.17, 15) is 14.4 Å². The van der Waals surface area contributed by atoms with Gasteiger partial charge in [-0.25, -0.2) is 0 Å². The highest BCUT2D eigenvalue weighted by atomic mass is 16.2. The van der Waals surface area contributed by atoms with Crippen LogP contribution in [0.3, 0.4) is 0 Å². The summed E-state index contributed by atoms with van der Waals surface area (Å²) < 4.78 is 0. The summed E-state index contributed by atoms with van der Waals surface area (Å²) in [5.74, 6) is 0.0896. The number of allylic oxidation sites excluding steroid dienone is 6. The number of rotatable bonds is 51. The lowest BCUT2D eigenvalue weighted by molar-refractivity contribution is -0.117. The zero-order valence-corrected chi connectivity index (χ0v) is 50.9. The predicted octanol–water partition coefficient (Wildman–Crippen LogP) is 22.8. The summed E-state index contributed by atoms with van der Waals surface area (Å²) in [6.45, 7) is 6.82. The van der Waals surface area contributed by atoms with Crippen molar-refractivity contribution in [1.29, 1.82) is 0 Å². The Morgan fingerprint density at radius 2 is 0.468 bits per heavy atom. The summed E-state index contributed by atoms with van der Waals surface area (Å²) in [7, 11) is 0. The van der Waals surface area contributed by atoms with Gasteiger partial charge in [-0.05, 0) is 149 Å². The van der Waals surface area contributed by atoms with Crippen LogP contribution in [0.25, 0.3) is 0 Å². The minimum Gasteiger partial charge on any atom is -0.326 e. The van der Waals surface area contributed by atoms with Crippen molar-refractivity contribution in [2.45, 2.75) is 296 Å². The Labute approximate surface area is 485 Å². The molecule has 440 valence electrons. The lowest BCUT2D eigenvalue weighted by atomic mass is 9.85. The number of carbonyl (C=O) groups is 3. The number of hydrogen-bond acceptors (Lipinski definition) is 3. The second-order valence-electron chi connectivity index (χ2n) is 22.9. The van der Waals surface area contributed by atoms with Crippen LogP contribution in [0.15, 0.2) is 109 Å². The minimum absolute atomic E-state index is 0.0618. The first-order valence-corrected chi connectivity index (χ1v) is 33.1. The molecule has 3 aromatic carbocycles. The summed E-state index contributed by atoms with van der Waals surface area (Å²) in [4.78, 5) is 39.0. The van der Waals surface area contributed by atoms with Gasteiger partial charge in [-0.2, -0.15) is 0 Å². The van der Waals surface area contributed by atoms with Crippen LogP contribution in [0.5, 0.6) is 0 Å². The average molecular weight is 1080 g/mol. The Morgan fingerprint density at radius 1 is 0.278 bits per heavy atom. The van der Waals surface area contributed by atoms with Crippen molar-refractivity contribution < 1.29 is 14.4 Å². The van der Waals surface area contributed by atoms with Gasteiger partial charge in [0, 0.05) is 42.2 Å². The zero-order valence-electron chi connectivity index (χ0n) is 50.9. The molecule has 6 heteroatoms. The Morgan fingerprint density at radius 3 is 0.684 bits per heavy atom. The molecule has 0 unspecified atom stereocenters. The van der Waals surface area contributed by atoms with Gasteiger partial charge < -0.3 is 16.0 Å². The standard InChI is InChI=1S/C73H115N3O3/c1-4-7-10-13-16-19-22-25-28-31-34-37-40-43-46-49-70(77)74-67-58-52-64(53-59-67)73(65-54-60-68(61-55-65)75-71(78)50-47-44-41-38-35-32-29-26-23-20-17-14-11-8-5-2)66-56-62-69(63-57-66)76-72(79)51-48-45-42-39-36-33-30-27-24-21-18-15-12-9-6-3/h25-30,52-63,73H,4-24,31-51H2,1-3H3,(H,74,77)(H,75,78)(H,76,79)/b28-25+,29-26+,30-27+. The molecule has 79 heavy (non-hydrogen) atoms. The van der Waals surface area contributed by atoms with Gasteiger partial charge >= 0.3 is 0 Å². The molecule has 0 saturated heterocycles. The van der Waals surface area contributed by atoms with Crippen LogP contribution in [-0.2, 0) is 14.4 Å². The summed E-state index contributed by atoms with van der Waals surface area (Å²) in [5, 5.41) is 9.42. The van der Waals surface area contributed by atoms with Crippen LogP contribution in [0.2, 0.25) is 0 Å². The van der Waals surface area contributed by atoms with Gasteiger partial charge in [0.25, 0.3) is 0 Å². The number of hydrogen-bond donors (Lipinski definition) is 3. The summed E-state index contributed by atoms with van der Waals surface area (Å²) in [6.07, 6.45) is 64.1. The van der Waals surface area contributed by atoms with E-state index in [0.29, 0.717) is 19.3 Å². The molecule has 0 aliphatic rings. The quantitative estimate of drug-likeness (QED) is 0.0299. The predicted molar refractivity (Wildman–Crippen MR) is 345 cm³/mol. The topological polar surface area (TPSA) is 87.3 Å². The van der Waals surface area contributed by atoms with Gasteiger partial charge in [0.1, 0.15) is 0 Å². The Bertz CT molecular complexity index is 1780. The number of carbonyl (C=O) groups excluding carboxylic acids is 3. The molecular weight excluding hydrogens is 967 g/mol. The maximum Gasteiger partial charge on any atom is 0.224 e. The Kier molecular flexibility index (Phi) is 42.6. The second kappa shape index (κ2) is 49.1. The third kappa shape index (κ3) is 37.0. The number of benzene rings is 3. The third-order valence-electron chi connectivity index (χ3n) is 15.6. The monoisotopic (exact) mass is 1080 g/mol. The summed E-state index contributed by atoms with van der Waals surface area (Å²) in [6, 6.07) is 24.7. The van der Waals surface area contributed by atoms with Crippen LogP contribution < -0.4 is 16.0 Å². The molecule has 3 N–H and O–H groups in total. The molecule has 0 aliphatic carbocycles. The largest absolute Gasteiger partial charge is 0.326 e. The van der Waals surface area contributed by atoms with Crippen LogP contribution in [0, 0.1) is 0 Å². The van der Waals surface area contributed by atoms with E-state index >= 15 is 0 Å². The van der Waals surface area contributed by atoms with Crippen molar-refractivity contribution in [2.75, 3.05) is 16.0 Å². The fourth-order valence-corrected chi connectivity index (χ4v) is 10.6. The normalized spacial score (nSPS) is 11.7. The second-order valence-corrected chi connectivity index (χ2v) is 22.9. The first-order chi connectivity index (χ1) is 38.9. The van der Waals surface area contributed by atoms with Gasteiger partial charge in [0.15, 0.2) is 0 Å². The van der Waals surface area contributed by atoms with Crippen molar-refractivity contribution >= 4 is 34.8 Å². The molecule has 0 atom stereocenters. The van der Waals surface area contributed by atoms with E-state index in [1.54, 1.807) is 0 Å². The van der Waals surface area contributed by atoms with Gasteiger partial charge in [-0.1, -0.05) is 248 Å². The highest BCUT2D eigenvalue weighted by Crippen LogP contribution is 2.34. The molecule has 0 radical (unpaired) electrons. The van der Waals surface area contributed by atoms with Crippen LogP contribution in [-0.4, -0.2) is 17.7 Å². The fourth-order valence-electron chi connectivity index (χ4n) is 10.6. The molecule has 6 nitrogen and oxygen atoms in total. The van der Waals surface area contributed by atoms with E-state index < -0.39 is 0 Å². The van der Waals surface area contributed by atoms with Crippen LogP contribution in [0.1, 0.15) is 313 Å². The van der Waals surface area contributed by atoms with E-state index in [2.05, 4.69) is 110 Å². The molecule has 3 amide bonds. The highest BCUT2D eigenvalue weighted by molar-refractivity contribution is 5.92. The molecule has 0 aliphatic heterocycles. The maximum absolute atomic E-state index is 13.0. The summed E-state index contributed by atoms with van der Waals surface area (Å²) in [5.41, 5.74) is 5.68. The number of anilines is 3. The van der Waals surface area contributed by atoms with Gasteiger partial charge in [0.2, 0.25) is 17.7 Å². The third-order valence-corrected chi connectivity index (χ3v) is 15.6. The smallest absolute Gasteiger partial charge is 0.224 e. The fraction of sp³-hybridized carbons (Fsp3) is 0.630. The van der Waals surface area contributed by atoms with Crippen molar-refractivity contribution in [3.8, 4) is 0 Å². The van der Waals surface area contributed by atoms with Gasteiger partial charge in [-0.3, -0.25) is 14.4 Å². The van der Waals surface area contributed by atoms with E-state index in [4.69, 9.17) is 0 Å². The number of nitrogens with one attached hydrogen (secondary N) is 3. The molecule has 0 heterocycles. The SMILES string of the molecule is CCCCCCCC/C=C/CCCCCCCC(=O)Nc1ccc(C(c2ccc(NC(=O)CCCCCCC/C=C/CCCCCCCC)cc2)c2ccc(NC(=O)CCCCCCC/C=C/CCCCCCCC)cc2)cc1. The zero-order chi connectivity index (χ0) is 56.3. The van der Waals surface area contributed by atoms with E-state index in [0.717, 1.165) is 91.5 Å². The molecule has 0 saturated carbocycles. The van der Waals surface area contributed by atoms with Crippen LogP contribution >= 0.6 is 0 Å². The molecule has 0 fully saturated rings. The number of amides is 3. The highest BCUT2D eigenvalue weighted by Gasteiger charge is 2.18. The average Bonchev–Trinajstić information content (AvgIpc) is 3.49. The molecule has 3 aromatic rings. The van der Waals surface area contributed by atoms with Crippen molar-refractivity contribution in [3.05, 3.63) is 126 Å². The lowest BCUT2D eigenvalue weighted by Crippen LogP contribution is -2.12. The number of unbranched alkanes of at least 4 members (excludes halogenated alkanes) is 33. The summed E-state index contributed by atoms with van der Waals surface area (Å²) >= 11 is 0. The van der Waals surface area contributed by atoms with Gasteiger partial charge in [0.05, 0.1) is 0 Å².